The SMILES string of the molecule is C=CCCCCOC1=CC=NC2c3nccc(OCCCCC=C)c3C=CC12.CC(=O)S.CC(=O)SCCCCCCOc1ccnc2c1ccc1c(OCCCCCCSC(C)=O)ccnc12.F[P-](F)(F)(F)(F)F.F[P-](F)(F)(F)(F)F.[Ir].[Ir].[c-]1ccccc1-c1ccccn1.[c-]1ccccc1-c1ccccn1.[c-]1ccccc1-c1ccccn1.[c-]1ccccc1-c1ccccn1. The molecule has 0 saturated heterocycles. The molecule has 2 radical (unpaired) electrons. The van der Waals surface area contributed by atoms with Crippen LogP contribution in [0.15, 0.2) is 292 Å². The molecule has 0 spiro atoms. The van der Waals surface area contributed by atoms with Gasteiger partial charge in [-0.3, -0.25) is 34.3 Å². The topological polar surface area (TPSA) is 191 Å². The number of carbonyl (C=O) groups is 3. The zero-order valence-corrected chi connectivity index (χ0v) is 81.7. The average Bonchev–Trinajstić information content (AvgIpc) is 0.767. The first-order chi connectivity index (χ1) is 61.9. The molecule has 12 aromatic rings. The zero-order chi connectivity index (χ0) is 94.5. The Labute approximate surface area is 804 Å². The maximum Gasteiger partial charge on any atom is 0.0160 e. The van der Waals surface area contributed by atoms with Crippen molar-refractivity contribution in [2.75, 3.05) is 37.9 Å². The Morgan fingerprint density at radius 3 is 1.05 bits per heavy atom. The molecule has 8 heterocycles. The van der Waals surface area contributed by atoms with Crippen LogP contribution in [-0.4, -0.2) is 94.4 Å². The van der Waals surface area contributed by atoms with E-state index in [0.717, 1.165) is 209 Å². The number of pyridine rings is 7. The van der Waals surface area contributed by atoms with Crippen molar-refractivity contribution < 1.29 is 124 Å². The minimum atomic E-state index is -10.7. The zero-order valence-electron chi connectivity index (χ0n) is 72.6. The number of unbranched alkanes of at least 4 members (excludes halogenated alkanes) is 10. The van der Waals surface area contributed by atoms with Gasteiger partial charge in [-0.25, -0.2) is 0 Å². The van der Waals surface area contributed by atoms with Crippen molar-refractivity contribution in [3.8, 4) is 62.3 Å². The van der Waals surface area contributed by atoms with Gasteiger partial charge in [0.05, 0.1) is 38.0 Å². The van der Waals surface area contributed by atoms with Gasteiger partial charge >= 0.3 is 66.0 Å². The van der Waals surface area contributed by atoms with E-state index in [1.807, 2.05) is 231 Å². The normalized spacial score (nSPS) is 13.3. The van der Waals surface area contributed by atoms with Gasteiger partial charge < -0.3 is 38.9 Å². The number of halogens is 12. The number of aliphatic imine (C=N–C) groups is 1. The summed E-state index contributed by atoms with van der Waals surface area (Å²) in [4.78, 5) is 66.6. The Morgan fingerprint density at radius 2 is 0.720 bits per heavy atom. The van der Waals surface area contributed by atoms with Gasteiger partial charge in [0.25, 0.3) is 0 Å². The van der Waals surface area contributed by atoms with E-state index in [1.54, 1.807) is 51.0 Å². The largest absolute Gasteiger partial charge is 0.305 e. The second-order valence-corrected chi connectivity index (χ2v) is 35.2. The van der Waals surface area contributed by atoms with Crippen LogP contribution in [0, 0.1) is 30.2 Å². The van der Waals surface area contributed by atoms with Gasteiger partial charge in [0.2, 0.25) is 0 Å². The number of ether oxygens (including phenoxy) is 4. The Balaban J connectivity index is 0.000000334. The summed E-state index contributed by atoms with van der Waals surface area (Å²) in [5.41, 5.74) is 11.7. The standard InChI is InChI=1S/C28H36N2O4S2.C24H30N2O2.4C11H8N.C2H4OS.2F6P.2Ir/c1-21(31)35-19-9-5-3-7-17-33-25-13-15-29-27-23(25)11-12-24-26(14-16-30-28(24)27)34-18-8-4-6-10-20-36-22(2)32;1-3-5-7-9-17-27-21-13-15-25-23-19(21)11-12-20-22(14-16-26-24(20)23)28-18-10-8-6-4-2;4*1-2-6-10(7-3-1)11-8-4-5-9-12-11;1-2(3)4;2*1-7(2,3,4,5)6;;/h11-16H,3-10,17-20H2,1-2H3;3-4,11-16,19,23H,1-2,5-10,17-18H2;4*1-6,8-9H;1H3,(H,3,4);;;;/q;;4*-1;;2*-1;;. The van der Waals surface area contributed by atoms with Crippen LogP contribution < -0.4 is 14.2 Å². The van der Waals surface area contributed by atoms with Crippen LogP contribution in [0.4, 0.5) is 50.4 Å². The van der Waals surface area contributed by atoms with Crippen molar-refractivity contribution in [2.45, 2.75) is 117 Å². The number of aromatic nitrogens is 7. The van der Waals surface area contributed by atoms with E-state index >= 15 is 0 Å². The molecule has 712 valence electrons. The quantitative estimate of drug-likeness (QED) is 0.00796. The molecule has 34 heteroatoms. The third-order valence-electron chi connectivity index (χ3n) is 17.4. The molecule has 15 nitrogen and oxygen atoms in total. The number of fused-ring (bicyclic) bond motifs is 6. The molecule has 2 aliphatic rings. The van der Waals surface area contributed by atoms with Crippen molar-refractivity contribution in [1.82, 2.24) is 34.9 Å². The first-order valence-electron chi connectivity index (χ1n) is 41.3. The molecule has 5 aromatic carbocycles. The maximum atomic E-state index is 11.0. The number of carbonyl (C=O) groups excluding carboxylic acids is 3. The summed E-state index contributed by atoms with van der Waals surface area (Å²) in [6.45, 7) is 14.9. The smallest absolute Gasteiger partial charge is 0.0160 e. The molecule has 2 unspecified atom stereocenters. The molecule has 7 aromatic heterocycles. The van der Waals surface area contributed by atoms with Gasteiger partial charge in [0.15, 0.2) is 15.3 Å². The molecule has 0 saturated carbocycles. The first kappa shape index (κ1) is 114. The summed E-state index contributed by atoms with van der Waals surface area (Å²) in [6.07, 6.45) is 39.3. The minimum absolute atomic E-state index is 0. The van der Waals surface area contributed by atoms with Gasteiger partial charge in [0, 0.05) is 138 Å². The summed E-state index contributed by atoms with van der Waals surface area (Å²) in [5, 5.41) is 2.15. The van der Waals surface area contributed by atoms with Crippen molar-refractivity contribution in [1.29, 1.82) is 0 Å². The second-order valence-electron chi connectivity index (χ2n) is 28.2. The number of hydrogen-bond acceptors (Lipinski definition) is 17. The monoisotopic (exact) mass is 2270 g/mol. The van der Waals surface area contributed by atoms with Crippen molar-refractivity contribution in [3.63, 3.8) is 0 Å². The van der Waals surface area contributed by atoms with Gasteiger partial charge in [-0.05, 0) is 148 Å². The molecule has 132 heavy (non-hydrogen) atoms. The fraction of sp³-hybridized carbons (Fsp3) is 0.255. The van der Waals surface area contributed by atoms with Gasteiger partial charge in [-0.2, -0.15) is 0 Å². The number of rotatable bonds is 32. The summed E-state index contributed by atoms with van der Waals surface area (Å²) < 4.78 is 143. The average molecular weight is 2270 g/mol. The summed E-state index contributed by atoms with van der Waals surface area (Å²) in [7, 11) is -21.3. The Hall–Kier alpha value is -10.1. The minimum Gasteiger partial charge on any atom is -0.305 e. The molecule has 0 fully saturated rings. The summed E-state index contributed by atoms with van der Waals surface area (Å²) >= 11 is 6.13. The van der Waals surface area contributed by atoms with E-state index in [9.17, 15) is 64.7 Å². The third kappa shape index (κ3) is 52.4. The number of nitrogens with zero attached hydrogens (tertiary/aromatic N) is 8. The molecule has 14 rings (SSSR count). The van der Waals surface area contributed by atoms with Crippen molar-refractivity contribution in [3.05, 3.63) is 322 Å². The van der Waals surface area contributed by atoms with E-state index in [2.05, 4.69) is 102 Å². The van der Waals surface area contributed by atoms with Crippen molar-refractivity contribution >= 4 is 101 Å². The molecule has 1 aliphatic carbocycles. The van der Waals surface area contributed by atoms with E-state index in [0.29, 0.717) is 19.8 Å². The van der Waals surface area contributed by atoms with Gasteiger partial charge in [-0.1, -0.05) is 122 Å². The number of dihydropyridines is 1. The Bertz CT molecular complexity index is 4890. The number of thioether (sulfide) groups is 2. The molecule has 0 N–H and O–H groups in total. The van der Waals surface area contributed by atoms with E-state index in [1.165, 1.54) is 30.4 Å². The van der Waals surface area contributed by atoms with Gasteiger partial charge in [-0.15, -0.1) is 169 Å². The number of hydrogen-bond donors (Lipinski definition) is 1. The fourth-order valence-electron chi connectivity index (χ4n) is 11.7. The van der Waals surface area contributed by atoms with Crippen LogP contribution in [0.5, 0.6) is 17.2 Å². The molecule has 0 amide bonds. The maximum absolute atomic E-state index is 11.0. The van der Waals surface area contributed by atoms with Crippen LogP contribution in [0.2, 0.25) is 0 Å². The van der Waals surface area contributed by atoms with Crippen LogP contribution in [0.3, 0.4) is 0 Å². The third-order valence-corrected chi connectivity index (χ3v) is 19.2. The molecule has 2 atom stereocenters. The summed E-state index contributed by atoms with van der Waals surface area (Å²) in [6, 6.07) is 77.1. The van der Waals surface area contributed by atoms with Crippen LogP contribution >= 0.6 is 51.8 Å². The van der Waals surface area contributed by atoms with E-state index < -0.39 is 15.6 Å². The number of thiol groups is 1. The molecule has 0 bridgehead atoms. The number of benzene rings is 5. The molecular weight excluding hydrogens is 2170 g/mol. The van der Waals surface area contributed by atoms with Crippen LogP contribution in [0.25, 0.3) is 72.9 Å². The molecule has 1 aliphatic heterocycles. The van der Waals surface area contributed by atoms with E-state index in [-0.39, 0.29) is 67.5 Å². The Morgan fingerprint density at radius 1 is 0.402 bits per heavy atom. The summed E-state index contributed by atoms with van der Waals surface area (Å²) in [5.74, 6) is 5.41. The fourth-order valence-corrected chi connectivity index (χ4v) is 13.0. The predicted molar refractivity (Wildman–Crippen MR) is 508 cm³/mol. The molecular formula is C98H102F12Ir2N8O7P2S3-6. The predicted octanol–water partition coefficient (Wildman–Crippen LogP) is 30.5. The van der Waals surface area contributed by atoms with E-state index in [4.69, 9.17) is 18.9 Å². The second kappa shape index (κ2) is 58.1. The van der Waals surface area contributed by atoms with Crippen LogP contribution in [-0.2, 0) is 59.3 Å². The Kier molecular flexibility index (Phi) is 50.3. The first-order valence-corrected chi connectivity index (χ1v) is 47.8. The van der Waals surface area contributed by atoms with Crippen molar-refractivity contribution in [2.24, 2.45) is 10.9 Å². The van der Waals surface area contributed by atoms with Gasteiger partial charge in [0.1, 0.15) is 40.1 Å². The number of allylic oxidation sites excluding steroid dienone is 3. The van der Waals surface area contributed by atoms with Crippen LogP contribution in [0.1, 0.15) is 128 Å².